The second kappa shape index (κ2) is 12.0. The molecule has 3 aromatic carbocycles. The highest BCUT2D eigenvalue weighted by atomic mass is 35.5. The summed E-state index contributed by atoms with van der Waals surface area (Å²) in [6, 6.07) is 26.7. The fourth-order valence-electron chi connectivity index (χ4n) is 4.56. The van der Waals surface area contributed by atoms with Crippen molar-refractivity contribution in [2.75, 3.05) is 12.8 Å². The average Bonchev–Trinajstić information content (AvgIpc) is 2.77. The van der Waals surface area contributed by atoms with Gasteiger partial charge in [-0.05, 0) is 89.3 Å². The monoisotopic (exact) mass is 496 g/mol. The third-order valence-corrected chi connectivity index (χ3v) is 11.3. The Kier molecular flexibility index (Phi) is 9.92. The van der Waals surface area contributed by atoms with Crippen LogP contribution in [0.1, 0.15) is 50.3 Å². The lowest BCUT2D eigenvalue weighted by molar-refractivity contribution is -0.153. The van der Waals surface area contributed by atoms with E-state index < -0.39 is 12.7 Å². The summed E-state index contributed by atoms with van der Waals surface area (Å²) in [6.45, 7) is 12.9. The number of ether oxygens (including phenoxy) is 1. The second-order valence-electron chi connectivity index (χ2n) is 9.99. The highest BCUT2D eigenvalue weighted by Gasteiger charge is 2.47. The maximum absolute atomic E-state index is 12.2. The van der Waals surface area contributed by atoms with Crippen molar-refractivity contribution in [2.24, 2.45) is 5.41 Å². The quantitative estimate of drug-likeness (QED) is 0.272. The van der Waals surface area contributed by atoms with Crippen LogP contribution in [0.5, 0.6) is 0 Å². The molecule has 0 spiro atoms. The van der Waals surface area contributed by atoms with Crippen molar-refractivity contribution >= 4 is 29.1 Å². The van der Waals surface area contributed by atoms with E-state index in [2.05, 4.69) is 93.6 Å². The Morgan fingerprint density at radius 2 is 1.09 bits per heavy atom. The lowest BCUT2D eigenvalue weighted by Crippen LogP contribution is -3.00. The van der Waals surface area contributed by atoms with Crippen LogP contribution >= 0.6 is 7.26 Å². The van der Waals surface area contributed by atoms with E-state index in [4.69, 9.17) is 4.74 Å². The Bertz CT molecular complexity index is 990. The van der Waals surface area contributed by atoms with Crippen molar-refractivity contribution in [1.82, 2.24) is 0 Å². The van der Waals surface area contributed by atoms with Gasteiger partial charge >= 0.3 is 5.97 Å². The minimum atomic E-state index is -1.90. The zero-order chi connectivity index (χ0) is 24.1. The minimum absolute atomic E-state index is 0. The number of unbranched alkanes of at least 4 members (excludes halogenated alkanes) is 1. The molecule has 0 unspecified atom stereocenters. The summed E-state index contributed by atoms with van der Waals surface area (Å²) in [6.07, 6.45) is 2.93. The highest BCUT2D eigenvalue weighted by Crippen LogP contribution is 2.57. The van der Waals surface area contributed by atoms with Crippen LogP contribution in [-0.2, 0) is 9.53 Å². The highest BCUT2D eigenvalue weighted by molar-refractivity contribution is 7.96. The molecule has 4 heteroatoms. The summed E-state index contributed by atoms with van der Waals surface area (Å²) in [5.74, 6) is -0.125. The molecule has 0 radical (unpaired) electrons. The van der Waals surface area contributed by atoms with Gasteiger partial charge in [0.05, 0.1) is 18.2 Å². The molecule has 0 aliphatic rings. The normalized spacial score (nSPS) is 11.6. The molecule has 3 rings (SSSR count). The Balaban J connectivity index is 0.00000408. The molecule has 34 heavy (non-hydrogen) atoms. The number of carbonyl (C=O) groups is 1. The van der Waals surface area contributed by atoms with Gasteiger partial charge in [0, 0.05) is 0 Å². The van der Waals surface area contributed by atoms with Crippen LogP contribution in [0.4, 0.5) is 0 Å². The van der Waals surface area contributed by atoms with E-state index in [1.165, 1.54) is 32.6 Å². The predicted molar refractivity (Wildman–Crippen MR) is 144 cm³/mol. The largest absolute Gasteiger partial charge is 1.00 e. The van der Waals surface area contributed by atoms with E-state index in [-0.39, 0.29) is 18.4 Å². The number of carbonyl (C=O) groups excluding carboxylic acids is 1. The van der Waals surface area contributed by atoms with Crippen LogP contribution in [-0.4, -0.2) is 18.7 Å². The SMILES string of the molecule is Cc1ccccc1[P+](CCCCOC(=O)C(C)(C)C)(c1ccccc1C)c1ccccc1C.[Cl-]. The molecule has 0 aliphatic heterocycles. The number of halogens is 1. The molecule has 0 atom stereocenters. The van der Waals surface area contributed by atoms with Crippen LogP contribution in [0.3, 0.4) is 0 Å². The molecule has 0 bridgehead atoms. The van der Waals surface area contributed by atoms with Gasteiger partial charge in [-0.25, -0.2) is 0 Å². The maximum atomic E-state index is 12.2. The second-order valence-corrected chi connectivity index (χ2v) is 13.5. The molecular weight excluding hydrogens is 459 g/mol. The first-order valence-corrected chi connectivity index (χ1v) is 13.9. The topological polar surface area (TPSA) is 26.3 Å². The molecule has 0 amide bonds. The number of hydrogen-bond donors (Lipinski definition) is 0. The summed E-state index contributed by atoms with van der Waals surface area (Å²) < 4.78 is 5.58. The van der Waals surface area contributed by atoms with Gasteiger partial charge in [0.2, 0.25) is 0 Å². The van der Waals surface area contributed by atoms with Gasteiger partial charge in [-0.1, -0.05) is 54.6 Å². The van der Waals surface area contributed by atoms with Crippen LogP contribution in [0.15, 0.2) is 72.8 Å². The van der Waals surface area contributed by atoms with Crippen molar-refractivity contribution in [3.8, 4) is 0 Å². The Hall–Kier alpha value is -2.15. The molecule has 0 heterocycles. The lowest BCUT2D eigenvalue weighted by atomic mass is 9.97. The van der Waals surface area contributed by atoms with Crippen molar-refractivity contribution in [3.05, 3.63) is 89.5 Å². The van der Waals surface area contributed by atoms with E-state index in [9.17, 15) is 4.79 Å². The van der Waals surface area contributed by atoms with Crippen LogP contribution < -0.4 is 28.3 Å². The smallest absolute Gasteiger partial charge is 0.311 e. The van der Waals surface area contributed by atoms with Gasteiger partial charge in [0.25, 0.3) is 0 Å². The predicted octanol–water partition coefficient (Wildman–Crippen LogP) is 3.28. The maximum Gasteiger partial charge on any atom is 0.311 e. The standard InChI is InChI=1S/C30H38O2P.ClH/c1-23-15-7-10-18-26(23)33(27-19-11-8-16-24(27)2,28-20-12-9-17-25(28)3)22-14-13-21-32-29(31)30(4,5)6;/h7-12,15-20H,13-14,21-22H2,1-6H3;1H/q+1;/p-1. The van der Waals surface area contributed by atoms with Crippen molar-refractivity contribution < 1.29 is 21.9 Å². The Morgan fingerprint density at radius 1 is 0.706 bits per heavy atom. The zero-order valence-electron chi connectivity index (χ0n) is 21.4. The van der Waals surface area contributed by atoms with Crippen LogP contribution in [0.25, 0.3) is 0 Å². The van der Waals surface area contributed by atoms with Crippen LogP contribution in [0, 0.1) is 26.2 Å². The van der Waals surface area contributed by atoms with Gasteiger partial charge in [0.1, 0.15) is 23.2 Å². The summed E-state index contributed by atoms with van der Waals surface area (Å²) in [7, 11) is -1.90. The number of rotatable bonds is 8. The van der Waals surface area contributed by atoms with Gasteiger partial charge < -0.3 is 17.1 Å². The molecule has 2 nitrogen and oxygen atoms in total. The molecule has 0 aromatic heterocycles. The first kappa shape index (κ1) is 28.1. The fraction of sp³-hybridized carbons (Fsp3) is 0.367. The summed E-state index contributed by atoms with van der Waals surface area (Å²) in [5.41, 5.74) is 3.57. The number of benzene rings is 3. The first-order valence-electron chi connectivity index (χ1n) is 11.9. The van der Waals surface area contributed by atoms with Crippen LogP contribution in [0.2, 0.25) is 0 Å². The average molecular weight is 497 g/mol. The lowest BCUT2D eigenvalue weighted by Gasteiger charge is -2.31. The molecule has 3 aromatic rings. The summed E-state index contributed by atoms with van der Waals surface area (Å²) >= 11 is 0. The third-order valence-electron chi connectivity index (χ3n) is 6.31. The van der Waals surface area contributed by atoms with E-state index in [1.54, 1.807) is 0 Å². The first-order chi connectivity index (χ1) is 15.7. The van der Waals surface area contributed by atoms with E-state index in [0.717, 1.165) is 19.0 Å². The number of aryl methyl sites for hydroxylation is 3. The molecule has 0 N–H and O–H groups in total. The Labute approximate surface area is 212 Å². The number of hydrogen-bond acceptors (Lipinski definition) is 2. The van der Waals surface area contributed by atoms with Gasteiger partial charge in [-0.3, -0.25) is 4.79 Å². The van der Waals surface area contributed by atoms with Crippen molar-refractivity contribution in [2.45, 2.75) is 54.4 Å². The van der Waals surface area contributed by atoms with Gasteiger partial charge in [0.15, 0.2) is 0 Å². The molecule has 182 valence electrons. The Morgan fingerprint density at radius 3 is 1.44 bits per heavy atom. The molecule has 0 aliphatic carbocycles. The third kappa shape index (κ3) is 6.09. The van der Waals surface area contributed by atoms with Crippen molar-refractivity contribution in [3.63, 3.8) is 0 Å². The zero-order valence-corrected chi connectivity index (χ0v) is 23.0. The minimum Gasteiger partial charge on any atom is -1.00 e. The fourth-order valence-corrected chi connectivity index (χ4v) is 9.81. The molecule has 0 saturated carbocycles. The van der Waals surface area contributed by atoms with Gasteiger partial charge in [-0.15, -0.1) is 0 Å². The van der Waals surface area contributed by atoms with Gasteiger partial charge in [-0.2, -0.15) is 0 Å². The summed E-state index contributed by atoms with van der Waals surface area (Å²) in [5, 5.41) is 4.38. The van der Waals surface area contributed by atoms with E-state index in [1.807, 2.05) is 20.8 Å². The van der Waals surface area contributed by atoms with E-state index in [0.29, 0.717) is 6.61 Å². The van der Waals surface area contributed by atoms with E-state index >= 15 is 0 Å². The molecule has 0 saturated heterocycles. The number of esters is 1. The molecular formula is C30H38ClO2P. The van der Waals surface area contributed by atoms with Crippen molar-refractivity contribution in [1.29, 1.82) is 0 Å². The summed E-state index contributed by atoms with van der Waals surface area (Å²) in [4.78, 5) is 12.2. The molecule has 0 fully saturated rings.